The number of anilines is 1. The van der Waals surface area contributed by atoms with Crippen LogP contribution in [-0.4, -0.2) is 23.3 Å². The minimum Gasteiger partial charge on any atom is -0.446 e. The van der Waals surface area contributed by atoms with Gasteiger partial charge in [0, 0.05) is 34.1 Å². The van der Waals surface area contributed by atoms with E-state index in [1.807, 2.05) is 0 Å². The normalized spacial score (nSPS) is 33.1. The standard InChI is InChI=1S/C19H29ClN2O2/c1-6-18(4)12-16(13(3)19(5,7-2)22-18)24-17(23)21-15-10-8-14(20)9-11-15/h8-11,13,16,22H,6-7,12H2,1-5H3,(H,21,23). The summed E-state index contributed by atoms with van der Waals surface area (Å²) in [6.45, 7) is 10.9. The molecule has 1 aromatic carbocycles. The van der Waals surface area contributed by atoms with Crippen LogP contribution in [0.3, 0.4) is 0 Å². The lowest BCUT2D eigenvalue weighted by molar-refractivity contribution is -0.0333. The molecule has 5 heteroatoms. The van der Waals surface area contributed by atoms with Crippen molar-refractivity contribution in [1.29, 1.82) is 0 Å². The number of hydrogen-bond donors (Lipinski definition) is 2. The summed E-state index contributed by atoms with van der Waals surface area (Å²) < 4.78 is 5.81. The average molecular weight is 353 g/mol. The Morgan fingerprint density at radius 2 is 1.92 bits per heavy atom. The second kappa shape index (κ2) is 7.32. The van der Waals surface area contributed by atoms with E-state index in [9.17, 15) is 4.79 Å². The number of halogens is 1. The van der Waals surface area contributed by atoms with E-state index in [4.69, 9.17) is 16.3 Å². The summed E-state index contributed by atoms with van der Waals surface area (Å²) >= 11 is 5.87. The molecule has 0 aromatic heterocycles. The van der Waals surface area contributed by atoms with Gasteiger partial charge in [-0.05, 0) is 51.0 Å². The van der Waals surface area contributed by atoms with E-state index in [0.717, 1.165) is 19.3 Å². The summed E-state index contributed by atoms with van der Waals surface area (Å²) in [7, 11) is 0. The van der Waals surface area contributed by atoms with Crippen molar-refractivity contribution in [1.82, 2.24) is 5.32 Å². The second-order valence-electron chi connectivity index (χ2n) is 7.38. The fraction of sp³-hybridized carbons (Fsp3) is 0.632. The number of carbonyl (C=O) groups excluding carboxylic acids is 1. The Labute approximate surface area is 150 Å². The van der Waals surface area contributed by atoms with Crippen LogP contribution in [0.1, 0.15) is 53.9 Å². The molecule has 0 spiro atoms. The van der Waals surface area contributed by atoms with E-state index >= 15 is 0 Å². The number of ether oxygens (including phenoxy) is 1. The van der Waals surface area contributed by atoms with Gasteiger partial charge in [-0.25, -0.2) is 4.79 Å². The van der Waals surface area contributed by atoms with Crippen LogP contribution >= 0.6 is 11.6 Å². The maximum atomic E-state index is 12.3. The minimum atomic E-state index is -0.409. The highest BCUT2D eigenvalue weighted by molar-refractivity contribution is 6.30. The van der Waals surface area contributed by atoms with Crippen molar-refractivity contribution in [2.75, 3.05) is 5.32 Å². The van der Waals surface area contributed by atoms with Crippen molar-refractivity contribution < 1.29 is 9.53 Å². The maximum absolute atomic E-state index is 12.3. The lowest BCUT2D eigenvalue weighted by atomic mass is 9.70. The first kappa shape index (κ1) is 19.1. The third-order valence-corrected chi connectivity index (χ3v) is 5.92. The molecular formula is C19H29ClN2O2. The summed E-state index contributed by atoms with van der Waals surface area (Å²) in [5.74, 6) is 0.234. The van der Waals surface area contributed by atoms with Crippen LogP contribution in [-0.2, 0) is 4.74 Å². The Bertz CT molecular complexity index is 577. The van der Waals surface area contributed by atoms with Gasteiger partial charge in [0.15, 0.2) is 0 Å². The van der Waals surface area contributed by atoms with Gasteiger partial charge in [0.25, 0.3) is 0 Å². The van der Waals surface area contributed by atoms with Gasteiger partial charge in [-0.3, -0.25) is 5.32 Å². The Morgan fingerprint density at radius 1 is 1.29 bits per heavy atom. The fourth-order valence-electron chi connectivity index (χ4n) is 3.49. The molecule has 1 aliphatic rings. The van der Waals surface area contributed by atoms with Crippen LogP contribution in [0.15, 0.2) is 24.3 Å². The second-order valence-corrected chi connectivity index (χ2v) is 7.82. The van der Waals surface area contributed by atoms with E-state index in [-0.39, 0.29) is 23.1 Å². The number of amides is 1. The third kappa shape index (κ3) is 4.22. The molecule has 1 heterocycles. The Morgan fingerprint density at radius 3 is 2.46 bits per heavy atom. The predicted molar refractivity (Wildman–Crippen MR) is 99.7 cm³/mol. The van der Waals surface area contributed by atoms with Gasteiger partial charge in [-0.15, -0.1) is 0 Å². The Kier molecular flexibility index (Phi) is 5.82. The molecule has 134 valence electrons. The van der Waals surface area contributed by atoms with Crippen molar-refractivity contribution >= 4 is 23.4 Å². The number of carbonyl (C=O) groups is 1. The molecule has 1 aliphatic heterocycles. The summed E-state index contributed by atoms with van der Waals surface area (Å²) in [6.07, 6.45) is 2.27. The van der Waals surface area contributed by atoms with Crippen molar-refractivity contribution in [3.8, 4) is 0 Å². The maximum Gasteiger partial charge on any atom is 0.411 e. The molecule has 0 saturated carbocycles. The fourth-order valence-corrected chi connectivity index (χ4v) is 3.62. The van der Waals surface area contributed by atoms with E-state index in [0.29, 0.717) is 10.7 Å². The zero-order valence-corrected chi connectivity index (χ0v) is 16.0. The molecule has 2 N–H and O–H groups in total. The lowest BCUT2D eigenvalue weighted by Gasteiger charge is -2.52. The number of hydrogen-bond acceptors (Lipinski definition) is 3. The molecule has 4 nitrogen and oxygen atoms in total. The number of rotatable bonds is 4. The van der Waals surface area contributed by atoms with Gasteiger partial charge < -0.3 is 10.1 Å². The SMILES string of the molecule is CCC1(C)CC(OC(=O)Nc2ccc(Cl)cc2)C(C)C(C)(CC)N1. The van der Waals surface area contributed by atoms with Crippen LogP contribution in [0.4, 0.5) is 10.5 Å². The molecule has 0 aliphatic carbocycles. The molecule has 4 unspecified atom stereocenters. The molecule has 1 aromatic rings. The Hall–Kier alpha value is -1.26. The van der Waals surface area contributed by atoms with Gasteiger partial charge in [-0.1, -0.05) is 32.4 Å². The molecule has 24 heavy (non-hydrogen) atoms. The third-order valence-electron chi connectivity index (χ3n) is 5.67. The molecule has 0 bridgehead atoms. The first-order valence-electron chi connectivity index (χ1n) is 8.74. The van der Waals surface area contributed by atoms with E-state index < -0.39 is 6.09 Å². The highest BCUT2D eigenvalue weighted by Gasteiger charge is 2.47. The van der Waals surface area contributed by atoms with E-state index in [2.05, 4.69) is 45.3 Å². The zero-order chi connectivity index (χ0) is 18.0. The van der Waals surface area contributed by atoms with Crippen LogP contribution in [0, 0.1) is 5.92 Å². The van der Waals surface area contributed by atoms with Gasteiger partial charge in [0.1, 0.15) is 6.10 Å². The van der Waals surface area contributed by atoms with E-state index in [1.54, 1.807) is 24.3 Å². The summed E-state index contributed by atoms with van der Waals surface area (Å²) in [5, 5.41) is 7.21. The van der Waals surface area contributed by atoms with Crippen LogP contribution in [0.2, 0.25) is 5.02 Å². The topological polar surface area (TPSA) is 50.4 Å². The van der Waals surface area contributed by atoms with Crippen molar-refractivity contribution in [2.45, 2.75) is 71.1 Å². The molecule has 0 radical (unpaired) electrons. The highest BCUT2D eigenvalue weighted by atomic mass is 35.5. The van der Waals surface area contributed by atoms with Gasteiger partial charge >= 0.3 is 6.09 Å². The minimum absolute atomic E-state index is 0.0253. The number of nitrogens with one attached hydrogen (secondary N) is 2. The summed E-state index contributed by atoms with van der Waals surface area (Å²) in [6, 6.07) is 7.02. The Balaban J connectivity index is 2.08. The van der Waals surface area contributed by atoms with Crippen molar-refractivity contribution in [2.24, 2.45) is 5.92 Å². The molecule has 2 rings (SSSR count). The summed E-state index contributed by atoms with van der Waals surface area (Å²) in [4.78, 5) is 12.3. The zero-order valence-electron chi connectivity index (χ0n) is 15.3. The van der Waals surface area contributed by atoms with E-state index in [1.165, 1.54) is 0 Å². The lowest BCUT2D eigenvalue weighted by Crippen LogP contribution is -2.66. The van der Waals surface area contributed by atoms with Crippen LogP contribution < -0.4 is 10.6 Å². The smallest absolute Gasteiger partial charge is 0.411 e. The highest BCUT2D eigenvalue weighted by Crippen LogP contribution is 2.38. The summed E-state index contributed by atoms with van der Waals surface area (Å²) in [5.41, 5.74) is 0.610. The predicted octanol–water partition coefficient (Wildman–Crippen LogP) is 5.22. The van der Waals surface area contributed by atoms with Crippen LogP contribution in [0.5, 0.6) is 0 Å². The van der Waals surface area contributed by atoms with Crippen molar-refractivity contribution in [3.63, 3.8) is 0 Å². The molecule has 4 atom stereocenters. The monoisotopic (exact) mass is 352 g/mol. The average Bonchev–Trinajstić information content (AvgIpc) is 2.54. The molecule has 1 fully saturated rings. The first-order valence-corrected chi connectivity index (χ1v) is 9.11. The first-order chi connectivity index (χ1) is 11.2. The molecule has 1 saturated heterocycles. The van der Waals surface area contributed by atoms with Gasteiger partial charge in [0.2, 0.25) is 0 Å². The van der Waals surface area contributed by atoms with Crippen LogP contribution in [0.25, 0.3) is 0 Å². The largest absolute Gasteiger partial charge is 0.446 e. The quantitative estimate of drug-likeness (QED) is 0.780. The number of piperidine rings is 1. The molecule has 1 amide bonds. The molecular weight excluding hydrogens is 324 g/mol. The van der Waals surface area contributed by atoms with Gasteiger partial charge in [-0.2, -0.15) is 0 Å². The van der Waals surface area contributed by atoms with Gasteiger partial charge in [0.05, 0.1) is 0 Å². The number of benzene rings is 1. The van der Waals surface area contributed by atoms with Crippen molar-refractivity contribution in [3.05, 3.63) is 29.3 Å².